The third kappa shape index (κ3) is 3.78. The maximum absolute atomic E-state index is 13.9. The topological polar surface area (TPSA) is 53.5 Å². The van der Waals surface area contributed by atoms with E-state index in [0.717, 1.165) is 10.4 Å². The van der Waals surface area contributed by atoms with E-state index >= 15 is 0 Å². The maximum Gasteiger partial charge on any atom is 0.417 e. The molecule has 28 heavy (non-hydrogen) atoms. The SMILES string of the molecule is O=S(=O)(c1ccc(F)c(F)c1F)N1CCN(c2ccc(C(F)(F)F)cn2)CC1. The van der Waals surface area contributed by atoms with Crippen LogP contribution in [0.1, 0.15) is 5.56 Å². The number of nitrogens with zero attached hydrogens (tertiary/aromatic N) is 3. The van der Waals surface area contributed by atoms with Crippen LogP contribution in [0.5, 0.6) is 0 Å². The van der Waals surface area contributed by atoms with Crippen LogP contribution in [0.3, 0.4) is 0 Å². The van der Waals surface area contributed by atoms with Crippen molar-refractivity contribution in [3.63, 3.8) is 0 Å². The van der Waals surface area contributed by atoms with Crippen molar-refractivity contribution in [1.29, 1.82) is 0 Å². The number of alkyl halides is 3. The Balaban J connectivity index is 1.74. The summed E-state index contributed by atoms with van der Waals surface area (Å²) < 4.78 is 104. The summed E-state index contributed by atoms with van der Waals surface area (Å²) in [7, 11) is -4.41. The minimum absolute atomic E-state index is 0.0723. The van der Waals surface area contributed by atoms with Gasteiger partial charge in [-0.3, -0.25) is 0 Å². The number of halogens is 6. The predicted molar refractivity (Wildman–Crippen MR) is 86.5 cm³/mol. The molecule has 3 rings (SSSR count). The Morgan fingerprint density at radius 1 is 0.893 bits per heavy atom. The van der Waals surface area contributed by atoms with Crippen molar-refractivity contribution >= 4 is 15.8 Å². The Morgan fingerprint density at radius 3 is 2.07 bits per heavy atom. The van der Waals surface area contributed by atoms with Crippen LogP contribution >= 0.6 is 0 Å². The Morgan fingerprint density at radius 2 is 1.54 bits per heavy atom. The largest absolute Gasteiger partial charge is 0.417 e. The van der Waals surface area contributed by atoms with Crippen LogP contribution in [0.15, 0.2) is 35.4 Å². The van der Waals surface area contributed by atoms with Crippen molar-refractivity contribution in [2.24, 2.45) is 0 Å². The average Bonchev–Trinajstić information content (AvgIpc) is 2.65. The van der Waals surface area contributed by atoms with E-state index < -0.39 is 44.1 Å². The van der Waals surface area contributed by atoms with Gasteiger partial charge in [0.05, 0.1) is 5.56 Å². The van der Waals surface area contributed by atoms with Crippen molar-refractivity contribution in [1.82, 2.24) is 9.29 Å². The normalized spacial score (nSPS) is 16.4. The zero-order valence-electron chi connectivity index (χ0n) is 14.0. The van der Waals surface area contributed by atoms with Crippen LogP contribution in [0.4, 0.5) is 32.2 Å². The van der Waals surface area contributed by atoms with Gasteiger partial charge in [-0.1, -0.05) is 0 Å². The molecule has 0 unspecified atom stereocenters. The van der Waals surface area contributed by atoms with Crippen molar-refractivity contribution in [3.05, 3.63) is 53.5 Å². The summed E-state index contributed by atoms with van der Waals surface area (Å²) in [4.78, 5) is 4.32. The molecular formula is C16H13F6N3O2S. The van der Waals surface area contributed by atoms with Crippen molar-refractivity contribution in [2.75, 3.05) is 31.1 Å². The van der Waals surface area contributed by atoms with E-state index in [1.54, 1.807) is 4.90 Å². The molecule has 5 nitrogen and oxygen atoms in total. The van der Waals surface area contributed by atoms with E-state index in [4.69, 9.17) is 0 Å². The van der Waals surface area contributed by atoms with E-state index in [0.29, 0.717) is 18.3 Å². The van der Waals surface area contributed by atoms with Crippen LogP contribution in [-0.4, -0.2) is 43.9 Å². The highest BCUT2D eigenvalue weighted by Gasteiger charge is 2.34. The van der Waals surface area contributed by atoms with Gasteiger partial charge in [-0.05, 0) is 24.3 Å². The molecule has 1 fully saturated rings. The van der Waals surface area contributed by atoms with Gasteiger partial charge < -0.3 is 4.90 Å². The monoisotopic (exact) mass is 425 g/mol. The molecule has 0 bridgehead atoms. The van der Waals surface area contributed by atoms with Gasteiger partial charge in [-0.2, -0.15) is 17.5 Å². The van der Waals surface area contributed by atoms with Crippen LogP contribution < -0.4 is 4.90 Å². The number of sulfonamides is 1. The number of anilines is 1. The van der Waals surface area contributed by atoms with Crippen LogP contribution in [0.2, 0.25) is 0 Å². The highest BCUT2D eigenvalue weighted by atomic mass is 32.2. The summed E-state index contributed by atoms with van der Waals surface area (Å²) in [5, 5.41) is 0. The van der Waals surface area contributed by atoms with Crippen LogP contribution in [0, 0.1) is 17.5 Å². The zero-order valence-corrected chi connectivity index (χ0v) is 14.9. The number of aromatic nitrogens is 1. The quantitative estimate of drug-likeness (QED) is 0.561. The third-order valence-electron chi connectivity index (χ3n) is 4.26. The summed E-state index contributed by atoms with van der Waals surface area (Å²) in [6.07, 6.45) is -3.85. The molecule has 1 aromatic heterocycles. The fraction of sp³-hybridized carbons (Fsp3) is 0.312. The fourth-order valence-corrected chi connectivity index (χ4v) is 4.22. The molecule has 0 amide bonds. The molecular weight excluding hydrogens is 412 g/mol. The smallest absolute Gasteiger partial charge is 0.354 e. The highest BCUT2D eigenvalue weighted by molar-refractivity contribution is 7.89. The second kappa shape index (κ2) is 7.24. The second-order valence-corrected chi connectivity index (χ2v) is 7.87. The second-order valence-electron chi connectivity index (χ2n) is 5.97. The Kier molecular flexibility index (Phi) is 5.28. The molecule has 0 N–H and O–H groups in total. The molecule has 12 heteroatoms. The van der Waals surface area contributed by atoms with E-state index in [9.17, 15) is 34.8 Å². The first-order valence-electron chi connectivity index (χ1n) is 7.93. The van der Waals surface area contributed by atoms with E-state index in [-0.39, 0.29) is 32.0 Å². The predicted octanol–water partition coefficient (Wildman–Crippen LogP) is 3.03. The van der Waals surface area contributed by atoms with Gasteiger partial charge in [0.15, 0.2) is 17.5 Å². The number of pyridine rings is 1. The summed E-state index contributed by atoms with van der Waals surface area (Å²) >= 11 is 0. The van der Waals surface area contributed by atoms with Crippen molar-refractivity contribution in [3.8, 4) is 0 Å². The number of rotatable bonds is 3. The maximum atomic E-state index is 13.9. The molecule has 1 aromatic carbocycles. The van der Waals surface area contributed by atoms with Gasteiger partial charge in [-0.25, -0.2) is 26.6 Å². The summed E-state index contributed by atoms with van der Waals surface area (Å²) in [5.74, 6) is -4.96. The Labute approximate surface area is 156 Å². The van der Waals surface area contributed by atoms with Gasteiger partial charge in [0.2, 0.25) is 10.0 Å². The molecule has 0 saturated carbocycles. The first-order valence-corrected chi connectivity index (χ1v) is 9.37. The number of piperazine rings is 1. The minimum atomic E-state index is -4.52. The minimum Gasteiger partial charge on any atom is -0.354 e. The molecule has 0 atom stereocenters. The number of benzene rings is 1. The molecule has 0 aliphatic carbocycles. The first-order chi connectivity index (χ1) is 13.0. The van der Waals surface area contributed by atoms with Gasteiger partial charge in [0.25, 0.3) is 0 Å². The van der Waals surface area contributed by atoms with Gasteiger partial charge in [0, 0.05) is 32.4 Å². The molecule has 1 aliphatic heterocycles. The lowest BCUT2D eigenvalue weighted by Gasteiger charge is -2.34. The average molecular weight is 425 g/mol. The summed E-state index contributed by atoms with van der Waals surface area (Å²) in [6, 6.07) is 3.20. The highest BCUT2D eigenvalue weighted by Crippen LogP contribution is 2.30. The van der Waals surface area contributed by atoms with Crippen LogP contribution in [0.25, 0.3) is 0 Å². The molecule has 0 spiro atoms. The van der Waals surface area contributed by atoms with Gasteiger partial charge in [-0.15, -0.1) is 0 Å². The molecule has 152 valence electrons. The first kappa shape index (κ1) is 20.4. The van der Waals surface area contributed by atoms with E-state index in [2.05, 4.69) is 4.98 Å². The van der Waals surface area contributed by atoms with Gasteiger partial charge >= 0.3 is 6.18 Å². The molecule has 1 saturated heterocycles. The Bertz CT molecular complexity index is 971. The molecule has 2 heterocycles. The lowest BCUT2D eigenvalue weighted by molar-refractivity contribution is -0.137. The standard InChI is InChI=1S/C16H13F6N3O2S/c17-11-2-3-12(15(19)14(11)18)28(26,27)25-7-5-24(6-8-25)13-4-1-10(9-23-13)16(20,21)22/h1-4,9H,5-8H2. The molecule has 2 aromatic rings. The fourth-order valence-electron chi connectivity index (χ4n) is 2.74. The number of hydrogen-bond donors (Lipinski definition) is 0. The van der Waals surface area contributed by atoms with Crippen molar-refractivity contribution < 1.29 is 34.8 Å². The molecule has 1 aliphatic rings. The zero-order chi connectivity index (χ0) is 20.7. The molecule has 0 radical (unpaired) electrons. The van der Waals surface area contributed by atoms with Crippen LogP contribution in [-0.2, 0) is 16.2 Å². The third-order valence-corrected chi connectivity index (χ3v) is 6.17. The lowest BCUT2D eigenvalue weighted by Crippen LogP contribution is -2.49. The van der Waals surface area contributed by atoms with Gasteiger partial charge in [0.1, 0.15) is 10.7 Å². The number of hydrogen-bond acceptors (Lipinski definition) is 4. The summed E-state index contributed by atoms with van der Waals surface area (Å²) in [6.45, 7) is -0.126. The Hall–Kier alpha value is -2.34. The summed E-state index contributed by atoms with van der Waals surface area (Å²) in [5.41, 5.74) is -0.911. The van der Waals surface area contributed by atoms with E-state index in [1.165, 1.54) is 6.07 Å². The lowest BCUT2D eigenvalue weighted by atomic mass is 10.2. The van der Waals surface area contributed by atoms with Crippen molar-refractivity contribution in [2.45, 2.75) is 11.1 Å². The van der Waals surface area contributed by atoms with E-state index in [1.807, 2.05) is 0 Å².